The molecule has 22 heavy (non-hydrogen) atoms. The van der Waals surface area contributed by atoms with E-state index in [-0.39, 0.29) is 24.3 Å². The van der Waals surface area contributed by atoms with E-state index in [1.54, 1.807) is 24.3 Å². The summed E-state index contributed by atoms with van der Waals surface area (Å²) in [4.78, 5) is 29.7. The fourth-order valence-electron chi connectivity index (χ4n) is 2.78. The van der Waals surface area contributed by atoms with Crippen molar-refractivity contribution >= 4 is 11.8 Å². The van der Waals surface area contributed by atoms with E-state index in [9.17, 15) is 9.59 Å². The van der Waals surface area contributed by atoms with Crippen LogP contribution in [0.2, 0.25) is 0 Å². The summed E-state index contributed by atoms with van der Waals surface area (Å²) in [5.41, 5.74) is 1.15. The number of aromatic nitrogens is 1. The molecule has 2 rings (SSSR count). The highest BCUT2D eigenvalue weighted by Gasteiger charge is 2.21. The molecule has 0 radical (unpaired) electrons. The predicted octanol–water partition coefficient (Wildman–Crippen LogP) is 1.78. The molecule has 0 spiro atoms. The minimum Gasteiger partial charge on any atom is -0.347 e. The highest BCUT2D eigenvalue weighted by Crippen LogP contribution is 2.23. The molecule has 0 saturated heterocycles. The molecule has 1 heterocycles. The van der Waals surface area contributed by atoms with Crippen molar-refractivity contribution in [3.63, 3.8) is 0 Å². The Kier molecular flexibility index (Phi) is 6.37. The summed E-state index contributed by atoms with van der Waals surface area (Å²) in [5, 5.41) is 2.79. The van der Waals surface area contributed by atoms with Crippen LogP contribution in [0.4, 0.5) is 0 Å². The van der Waals surface area contributed by atoms with Crippen LogP contribution in [0.3, 0.4) is 0 Å². The lowest BCUT2D eigenvalue weighted by Crippen LogP contribution is -2.41. The van der Waals surface area contributed by atoms with Crippen molar-refractivity contribution in [3.8, 4) is 0 Å². The number of amides is 2. The van der Waals surface area contributed by atoms with Crippen LogP contribution in [0.5, 0.6) is 0 Å². The van der Waals surface area contributed by atoms with Crippen molar-refractivity contribution < 1.29 is 9.59 Å². The lowest BCUT2D eigenvalue weighted by Gasteiger charge is -2.22. The Bertz CT molecular complexity index is 484. The van der Waals surface area contributed by atoms with E-state index in [1.165, 1.54) is 6.42 Å². The first-order chi connectivity index (χ1) is 10.7. The number of hydrogen-bond donors (Lipinski definition) is 1. The zero-order valence-corrected chi connectivity index (χ0v) is 13.3. The van der Waals surface area contributed by atoms with Crippen molar-refractivity contribution in [2.45, 2.75) is 38.5 Å². The SMILES string of the molecule is CN(CCc1ccncc1)C(=O)CNC(=O)C1CCCCC1. The first kappa shape index (κ1) is 16.5. The maximum absolute atomic E-state index is 12.1. The zero-order chi connectivity index (χ0) is 15.8. The van der Waals surface area contributed by atoms with Gasteiger partial charge in [-0.1, -0.05) is 19.3 Å². The second-order valence-electron chi connectivity index (χ2n) is 5.97. The molecule has 2 amide bonds. The fourth-order valence-corrected chi connectivity index (χ4v) is 2.78. The van der Waals surface area contributed by atoms with Crippen LogP contribution < -0.4 is 5.32 Å². The van der Waals surface area contributed by atoms with Crippen LogP contribution in [-0.2, 0) is 16.0 Å². The lowest BCUT2D eigenvalue weighted by molar-refractivity contribution is -0.133. The summed E-state index contributed by atoms with van der Waals surface area (Å²) >= 11 is 0. The summed E-state index contributed by atoms with van der Waals surface area (Å²) in [7, 11) is 1.77. The van der Waals surface area contributed by atoms with Gasteiger partial charge in [-0.05, 0) is 37.0 Å². The van der Waals surface area contributed by atoms with E-state index in [1.807, 2.05) is 12.1 Å². The van der Waals surface area contributed by atoms with E-state index in [2.05, 4.69) is 10.3 Å². The fraction of sp³-hybridized carbons (Fsp3) is 0.588. The molecule has 1 fully saturated rings. The highest BCUT2D eigenvalue weighted by atomic mass is 16.2. The van der Waals surface area contributed by atoms with Crippen LogP contribution >= 0.6 is 0 Å². The van der Waals surface area contributed by atoms with Gasteiger partial charge in [0.2, 0.25) is 11.8 Å². The van der Waals surface area contributed by atoms with E-state index >= 15 is 0 Å². The smallest absolute Gasteiger partial charge is 0.241 e. The van der Waals surface area contributed by atoms with Gasteiger partial charge in [-0.25, -0.2) is 0 Å². The third-order valence-corrected chi connectivity index (χ3v) is 4.30. The molecule has 1 saturated carbocycles. The number of hydrogen-bond acceptors (Lipinski definition) is 3. The first-order valence-corrected chi connectivity index (χ1v) is 8.07. The Morgan fingerprint density at radius 2 is 1.91 bits per heavy atom. The van der Waals surface area contributed by atoms with Crippen LogP contribution in [0.25, 0.3) is 0 Å². The monoisotopic (exact) mass is 303 g/mol. The number of likely N-dealkylation sites (N-methyl/N-ethyl adjacent to an activating group) is 1. The number of carbonyl (C=O) groups is 2. The van der Waals surface area contributed by atoms with Gasteiger partial charge in [0.05, 0.1) is 6.54 Å². The van der Waals surface area contributed by atoms with E-state index in [4.69, 9.17) is 0 Å². The Balaban J connectivity index is 1.68. The summed E-state index contributed by atoms with van der Waals surface area (Å²) in [6.45, 7) is 0.740. The summed E-state index contributed by atoms with van der Waals surface area (Å²) < 4.78 is 0. The molecule has 1 aromatic rings. The molecular formula is C17H25N3O2. The van der Waals surface area contributed by atoms with Gasteiger partial charge in [-0.15, -0.1) is 0 Å². The summed E-state index contributed by atoms with van der Waals surface area (Å²) in [6.07, 6.45) is 9.68. The summed E-state index contributed by atoms with van der Waals surface area (Å²) in [6, 6.07) is 3.90. The van der Waals surface area contributed by atoms with Crippen LogP contribution in [0.15, 0.2) is 24.5 Å². The van der Waals surface area contributed by atoms with Crippen LogP contribution in [0.1, 0.15) is 37.7 Å². The molecule has 1 aliphatic rings. The minimum absolute atomic E-state index is 0.0376. The topological polar surface area (TPSA) is 62.3 Å². The maximum Gasteiger partial charge on any atom is 0.241 e. The zero-order valence-electron chi connectivity index (χ0n) is 13.3. The van der Waals surface area contributed by atoms with Crippen molar-refractivity contribution in [1.29, 1.82) is 0 Å². The van der Waals surface area contributed by atoms with Gasteiger partial charge in [-0.3, -0.25) is 14.6 Å². The van der Waals surface area contributed by atoms with Crippen molar-refractivity contribution in [1.82, 2.24) is 15.2 Å². The second kappa shape index (κ2) is 8.51. The minimum atomic E-state index is -0.0433. The lowest BCUT2D eigenvalue weighted by atomic mass is 9.89. The molecule has 1 N–H and O–H groups in total. The largest absolute Gasteiger partial charge is 0.347 e. The Morgan fingerprint density at radius 3 is 2.59 bits per heavy atom. The van der Waals surface area contributed by atoms with Gasteiger partial charge in [0, 0.05) is 31.9 Å². The number of rotatable bonds is 6. The number of pyridine rings is 1. The number of carbonyl (C=O) groups excluding carboxylic acids is 2. The standard InChI is InChI=1S/C17H25N3O2/c1-20(12-9-14-7-10-18-11-8-14)16(21)13-19-17(22)15-5-3-2-4-6-15/h7-8,10-11,15H,2-6,9,12-13H2,1H3,(H,19,22). The molecule has 0 atom stereocenters. The molecule has 120 valence electrons. The van der Waals surface area contributed by atoms with Gasteiger partial charge in [0.15, 0.2) is 0 Å². The van der Waals surface area contributed by atoms with Gasteiger partial charge in [0.25, 0.3) is 0 Å². The predicted molar refractivity (Wildman–Crippen MR) is 85.2 cm³/mol. The van der Waals surface area contributed by atoms with Gasteiger partial charge < -0.3 is 10.2 Å². The summed E-state index contributed by atoms with van der Waals surface area (Å²) in [5.74, 6) is 0.0949. The van der Waals surface area contributed by atoms with Crippen molar-refractivity contribution in [2.75, 3.05) is 20.1 Å². The quantitative estimate of drug-likeness (QED) is 0.871. The molecular weight excluding hydrogens is 278 g/mol. The number of nitrogens with zero attached hydrogens (tertiary/aromatic N) is 2. The molecule has 5 nitrogen and oxygen atoms in total. The molecule has 0 aliphatic heterocycles. The van der Waals surface area contributed by atoms with Crippen molar-refractivity contribution in [3.05, 3.63) is 30.1 Å². The third kappa shape index (κ3) is 5.13. The van der Waals surface area contributed by atoms with E-state index in [0.29, 0.717) is 6.54 Å². The average molecular weight is 303 g/mol. The molecule has 1 aliphatic carbocycles. The molecule has 0 unspecified atom stereocenters. The van der Waals surface area contributed by atoms with Crippen molar-refractivity contribution in [2.24, 2.45) is 5.92 Å². The first-order valence-electron chi connectivity index (χ1n) is 8.07. The maximum atomic E-state index is 12.1. The average Bonchev–Trinajstić information content (AvgIpc) is 2.58. The molecule has 0 aromatic carbocycles. The molecule has 1 aromatic heterocycles. The normalized spacial score (nSPS) is 15.3. The Morgan fingerprint density at radius 1 is 1.23 bits per heavy atom. The Labute approximate surface area is 132 Å². The van der Waals surface area contributed by atoms with Crippen LogP contribution in [-0.4, -0.2) is 41.8 Å². The van der Waals surface area contributed by atoms with Gasteiger partial charge in [0.1, 0.15) is 0 Å². The van der Waals surface area contributed by atoms with Gasteiger partial charge >= 0.3 is 0 Å². The third-order valence-electron chi connectivity index (χ3n) is 4.30. The van der Waals surface area contributed by atoms with Crippen LogP contribution in [0, 0.1) is 5.92 Å². The van der Waals surface area contributed by atoms with Gasteiger partial charge in [-0.2, -0.15) is 0 Å². The number of nitrogens with one attached hydrogen (secondary N) is 1. The molecule has 0 bridgehead atoms. The van der Waals surface area contributed by atoms with E-state index < -0.39 is 0 Å². The second-order valence-corrected chi connectivity index (χ2v) is 5.97. The molecule has 5 heteroatoms. The highest BCUT2D eigenvalue weighted by molar-refractivity contribution is 5.85. The Hall–Kier alpha value is -1.91. The van der Waals surface area contributed by atoms with E-state index in [0.717, 1.165) is 37.7 Å².